The van der Waals surface area contributed by atoms with E-state index >= 15 is 0 Å². The molecular formula is C28H39N3O4. The van der Waals surface area contributed by atoms with E-state index in [0.29, 0.717) is 18.1 Å². The molecule has 1 atom stereocenters. The van der Waals surface area contributed by atoms with E-state index in [-0.39, 0.29) is 36.5 Å². The quantitative estimate of drug-likeness (QED) is 0.129. The molecule has 0 fully saturated rings. The van der Waals surface area contributed by atoms with E-state index in [1.807, 2.05) is 19.1 Å². The van der Waals surface area contributed by atoms with Crippen LogP contribution >= 0.6 is 0 Å². The Labute approximate surface area is 210 Å². The number of amides is 3. The number of rotatable bonds is 8. The molecule has 0 aromatic heterocycles. The summed E-state index contributed by atoms with van der Waals surface area (Å²) in [6, 6.07) is 0. The van der Waals surface area contributed by atoms with Crippen LogP contribution in [0.4, 0.5) is 0 Å². The fourth-order valence-corrected chi connectivity index (χ4v) is 2.28. The molecule has 0 bridgehead atoms. The number of hydrogen-bond donors (Lipinski definition) is 1. The van der Waals surface area contributed by atoms with Gasteiger partial charge in [-0.25, -0.2) is 0 Å². The highest BCUT2D eigenvalue weighted by Gasteiger charge is 2.13. The average molecular weight is 482 g/mol. The molecule has 0 spiro atoms. The molecule has 1 rings (SSSR count). The number of nitrogens with one attached hydrogen (secondary N) is 1. The first kappa shape index (κ1) is 33.2. The van der Waals surface area contributed by atoms with Crippen molar-refractivity contribution < 1.29 is 19.1 Å². The van der Waals surface area contributed by atoms with Crippen LogP contribution in [0, 0.1) is 5.92 Å². The fourth-order valence-electron chi connectivity index (χ4n) is 2.28. The zero-order valence-corrected chi connectivity index (χ0v) is 21.4. The highest BCUT2D eigenvalue weighted by atomic mass is 16.5. The van der Waals surface area contributed by atoms with E-state index in [1.165, 1.54) is 4.90 Å². The number of carbonyl (C=O) groups is 3. The Morgan fingerprint density at radius 2 is 1.97 bits per heavy atom. The highest BCUT2D eigenvalue weighted by molar-refractivity contribution is 5.99. The summed E-state index contributed by atoms with van der Waals surface area (Å²) in [5.74, 6) is 0.436. The third-order valence-corrected chi connectivity index (χ3v) is 4.16. The van der Waals surface area contributed by atoms with Gasteiger partial charge in [0.1, 0.15) is 11.6 Å². The Morgan fingerprint density at radius 3 is 2.54 bits per heavy atom. The molecule has 7 heteroatoms. The molecule has 0 aliphatic carbocycles. The van der Waals surface area contributed by atoms with E-state index in [2.05, 4.69) is 36.6 Å². The first-order valence-electron chi connectivity index (χ1n) is 11.1. The predicted octanol–water partition coefficient (Wildman–Crippen LogP) is 5.20. The van der Waals surface area contributed by atoms with Crippen molar-refractivity contribution in [3.63, 3.8) is 0 Å². The number of methoxy groups -OCH3 is 1. The molecule has 1 unspecified atom stereocenters. The molecule has 1 N–H and O–H groups in total. The molecule has 1 heterocycles. The van der Waals surface area contributed by atoms with Gasteiger partial charge in [-0.1, -0.05) is 56.0 Å². The second kappa shape index (κ2) is 21.8. The van der Waals surface area contributed by atoms with Crippen molar-refractivity contribution in [2.45, 2.75) is 33.6 Å². The molecule has 190 valence electrons. The third kappa shape index (κ3) is 16.3. The number of aliphatic imine (C=N–C) groups is 1. The van der Waals surface area contributed by atoms with Crippen LogP contribution in [0.5, 0.6) is 0 Å². The van der Waals surface area contributed by atoms with Crippen LogP contribution in [-0.4, -0.2) is 42.1 Å². The monoisotopic (exact) mass is 481 g/mol. The van der Waals surface area contributed by atoms with Gasteiger partial charge in [-0.2, -0.15) is 0 Å². The summed E-state index contributed by atoms with van der Waals surface area (Å²) in [5.41, 5.74) is 0. The molecule has 1 aliphatic heterocycles. The van der Waals surface area contributed by atoms with Crippen molar-refractivity contribution in [1.82, 2.24) is 10.2 Å². The fraction of sp³-hybridized carbons (Fsp3) is 0.286. The molecule has 0 aromatic rings. The number of imide groups is 1. The summed E-state index contributed by atoms with van der Waals surface area (Å²) in [7, 11) is 1.56. The van der Waals surface area contributed by atoms with E-state index in [9.17, 15) is 14.4 Å². The second-order valence-electron chi connectivity index (χ2n) is 6.75. The highest BCUT2D eigenvalue weighted by Crippen LogP contribution is 2.03. The largest absolute Gasteiger partial charge is 0.497 e. The number of nitrogens with zero attached hydrogens (tertiary/aromatic N) is 2. The van der Waals surface area contributed by atoms with Crippen molar-refractivity contribution in [3.8, 4) is 0 Å². The zero-order chi connectivity index (χ0) is 27.1. The molecule has 35 heavy (non-hydrogen) atoms. The third-order valence-electron chi connectivity index (χ3n) is 4.16. The molecule has 3 amide bonds. The average Bonchev–Trinajstić information content (AvgIpc) is 2.92. The minimum atomic E-state index is -0.244. The van der Waals surface area contributed by atoms with Crippen LogP contribution < -0.4 is 5.32 Å². The van der Waals surface area contributed by atoms with Crippen LogP contribution in [0.2, 0.25) is 0 Å². The minimum Gasteiger partial charge on any atom is -0.497 e. The van der Waals surface area contributed by atoms with Crippen LogP contribution in [0.25, 0.3) is 0 Å². The van der Waals surface area contributed by atoms with Gasteiger partial charge in [0.2, 0.25) is 17.7 Å². The topological polar surface area (TPSA) is 88.1 Å². The standard InChI is InChI=1S/C17H24N2O2.C9H11NO2.C2H4/c1-6-9-13-18-15(4)19(17(20)11-7-2)14-10-12-16(8-3)21-5;1-7-5-3-2-4-6-8(11)10-9(7)12;1-2/h6-10,12,14H,2-3,11,13H2,1,4-5H3;2-5,7H,6H2,1H3,(H,10,11,12);1-2H2/b9-6-,14-10+,16-12+,18-15?;4-2-,5-3-;. The SMILES string of the molecule is C=C.C=CCC(=O)N(/C=C/C=C(\C=C)OC)C(C)=NC/C=C\C.CC1/C=C\C=C/CC(=O)NC1=O. The number of allylic oxidation sites excluding steroid dienone is 6. The van der Waals surface area contributed by atoms with Crippen molar-refractivity contribution in [1.29, 1.82) is 0 Å². The van der Waals surface area contributed by atoms with Crippen molar-refractivity contribution in [3.05, 3.63) is 99.0 Å². The molecular weight excluding hydrogens is 442 g/mol. The number of carbonyl (C=O) groups excluding carboxylic acids is 3. The summed E-state index contributed by atoms with van der Waals surface area (Å²) in [6.07, 6.45) is 19.6. The van der Waals surface area contributed by atoms with Gasteiger partial charge in [-0.05, 0) is 32.1 Å². The van der Waals surface area contributed by atoms with Crippen molar-refractivity contribution in [2.24, 2.45) is 10.9 Å². The van der Waals surface area contributed by atoms with E-state index in [0.717, 1.165) is 0 Å². The van der Waals surface area contributed by atoms with Crippen LogP contribution in [0.15, 0.2) is 104 Å². The predicted molar refractivity (Wildman–Crippen MR) is 145 cm³/mol. The van der Waals surface area contributed by atoms with Gasteiger partial charge in [-0.15, -0.1) is 19.7 Å². The first-order valence-corrected chi connectivity index (χ1v) is 11.1. The smallest absolute Gasteiger partial charge is 0.235 e. The van der Waals surface area contributed by atoms with Gasteiger partial charge in [0.15, 0.2) is 0 Å². The molecule has 7 nitrogen and oxygen atoms in total. The lowest BCUT2D eigenvalue weighted by atomic mass is 10.1. The lowest BCUT2D eigenvalue weighted by molar-refractivity contribution is -0.131. The van der Waals surface area contributed by atoms with Gasteiger partial charge in [0.25, 0.3) is 0 Å². The number of ether oxygens (including phenoxy) is 1. The van der Waals surface area contributed by atoms with Gasteiger partial charge < -0.3 is 4.74 Å². The Balaban J connectivity index is 0. The summed E-state index contributed by atoms with van der Waals surface area (Å²) >= 11 is 0. The van der Waals surface area contributed by atoms with E-state index in [1.54, 1.807) is 75.8 Å². The van der Waals surface area contributed by atoms with Gasteiger partial charge >= 0.3 is 0 Å². The van der Waals surface area contributed by atoms with Crippen molar-refractivity contribution in [2.75, 3.05) is 13.7 Å². The minimum absolute atomic E-state index is 0.0889. The summed E-state index contributed by atoms with van der Waals surface area (Å²) < 4.78 is 5.06. The Hall–Kier alpha value is -4.00. The number of hydrogen-bond acceptors (Lipinski definition) is 5. The maximum Gasteiger partial charge on any atom is 0.235 e. The molecule has 0 radical (unpaired) electrons. The lowest BCUT2D eigenvalue weighted by Gasteiger charge is -2.17. The molecule has 0 saturated carbocycles. The second-order valence-corrected chi connectivity index (χ2v) is 6.75. The van der Waals surface area contributed by atoms with Gasteiger partial charge in [0.05, 0.1) is 19.6 Å². The normalized spacial score (nSPS) is 17.9. The maximum atomic E-state index is 12.1. The Morgan fingerprint density at radius 1 is 1.29 bits per heavy atom. The number of amidine groups is 1. The zero-order valence-electron chi connectivity index (χ0n) is 21.4. The summed E-state index contributed by atoms with van der Waals surface area (Å²) in [6.45, 7) is 19.2. The van der Waals surface area contributed by atoms with E-state index < -0.39 is 0 Å². The van der Waals surface area contributed by atoms with Crippen LogP contribution in [0.3, 0.4) is 0 Å². The molecule has 0 saturated heterocycles. The summed E-state index contributed by atoms with van der Waals surface area (Å²) in [5, 5.41) is 2.29. The first-order chi connectivity index (χ1) is 16.8. The lowest BCUT2D eigenvalue weighted by Crippen LogP contribution is -2.33. The molecule has 1 aliphatic rings. The molecule has 0 aromatic carbocycles. The Bertz CT molecular complexity index is 877. The Kier molecular flexibility index (Phi) is 20.7. The van der Waals surface area contributed by atoms with Gasteiger partial charge in [-0.3, -0.25) is 29.6 Å². The van der Waals surface area contributed by atoms with E-state index in [4.69, 9.17) is 4.74 Å². The van der Waals surface area contributed by atoms with Gasteiger partial charge in [0, 0.05) is 19.0 Å². The van der Waals surface area contributed by atoms with Crippen LogP contribution in [0.1, 0.15) is 33.6 Å². The van der Waals surface area contributed by atoms with Crippen LogP contribution in [-0.2, 0) is 19.1 Å². The maximum absolute atomic E-state index is 12.1. The van der Waals surface area contributed by atoms with Crippen molar-refractivity contribution >= 4 is 23.6 Å². The summed E-state index contributed by atoms with van der Waals surface area (Å²) in [4.78, 5) is 39.9.